The fourth-order valence-corrected chi connectivity index (χ4v) is 1.83. The van der Waals surface area contributed by atoms with Gasteiger partial charge < -0.3 is 10.2 Å². The van der Waals surface area contributed by atoms with Crippen molar-refractivity contribution < 1.29 is 10.2 Å². The number of hydrogen-bond acceptors (Lipinski definition) is 5. The summed E-state index contributed by atoms with van der Waals surface area (Å²) in [5, 5.41) is 18.7. The van der Waals surface area contributed by atoms with Crippen LogP contribution in [0.25, 0.3) is 0 Å². The van der Waals surface area contributed by atoms with E-state index in [2.05, 4.69) is 9.98 Å². The molecule has 1 unspecified atom stereocenters. The van der Waals surface area contributed by atoms with Crippen molar-refractivity contribution >= 4 is 18.4 Å². The Labute approximate surface area is 110 Å². The molecule has 3 N–H and O–H groups in total. The van der Waals surface area contributed by atoms with E-state index >= 15 is 0 Å². The molecule has 0 saturated carbocycles. The Hall–Kier alpha value is -1.47. The second-order valence-electron chi connectivity index (χ2n) is 3.88. The predicted molar refractivity (Wildman–Crippen MR) is 72.1 cm³/mol. The first-order valence-electron chi connectivity index (χ1n) is 5.71. The minimum Gasteiger partial charge on any atom is -0.494 e. The SMILES string of the molecule is CCC(C)n1c(O)c(C=NCCO)c(=O)[nH]c1=S. The van der Waals surface area contributed by atoms with Crippen molar-refractivity contribution in [3.63, 3.8) is 0 Å². The van der Waals surface area contributed by atoms with E-state index in [1.165, 1.54) is 10.8 Å². The molecule has 1 aromatic heterocycles. The third-order valence-electron chi connectivity index (χ3n) is 2.63. The normalized spacial score (nSPS) is 13.1. The first-order valence-corrected chi connectivity index (χ1v) is 6.12. The third-order valence-corrected chi connectivity index (χ3v) is 2.93. The standard InChI is InChI=1S/C11H17N3O3S/c1-3-7(2)14-10(17)8(6-12-4-5-15)9(16)13-11(14)18/h6-7,15,17H,3-5H2,1-2H3,(H,13,16,18). The summed E-state index contributed by atoms with van der Waals surface area (Å²) in [7, 11) is 0. The van der Waals surface area contributed by atoms with Crippen molar-refractivity contribution in [2.24, 2.45) is 4.99 Å². The van der Waals surface area contributed by atoms with Crippen LogP contribution >= 0.6 is 12.2 Å². The summed E-state index contributed by atoms with van der Waals surface area (Å²) >= 11 is 5.03. The van der Waals surface area contributed by atoms with E-state index in [0.29, 0.717) is 0 Å². The second kappa shape index (κ2) is 6.46. The number of aromatic nitrogens is 2. The number of aliphatic hydroxyl groups excluding tert-OH is 1. The van der Waals surface area contributed by atoms with Crippen LogP contribution in [0.4, 0.5) is 0 Å². The predicted octanol–water partition coefficient (Wildman–Crippen LogP) is 0.994. The number of nitrogens with one attached hydrogen (secondary N) is 1. The van der Waals surface area contributed by atoms with E-state index in [-0.39, 0.29) is 35.4 Å². The van der Waals surface area contributed by atoms with Crippen LogP contribution in [-0.4, -0.2) is 39.1 Å². The van der Waals surface area contributed by atoms with Gasteiger partial charge in [0.05, 0.1) is 13.2 Å². The summed E-state index contributed by atoms with van der Waals surface area (Å²) in [4.78, 5) is 18.0. The molecule has 0 aliphatic carbocycles. The van der Waals surface area contributed by atoms with Gasteiger partial charge in [0.25, 0.3) is 5.56 Å². The molecule has 0 aromatic carbocycles. The summed E-state index contributed by atoms with van der Waals surface area (Å²) in [5.41, 5.74) is -0.434. The zero-order valence-corrected chi connectivity index (χ0v) is 11.2. The highest BCUT2D eigenvalue weighted by Crippen LogP contribution is 2.19. The molecule has 1 atom stereocenters. The summed E-state index contributed by atoms with van der Waals surface area (Å²) in [5.74, 6) is -0.195. The quantitative estimate of drug-likeness (QED) is 0.550. The summed E-state index contributed by atoms with van der Waals surface area (Å²) in [6.07, 6.45) is 2.01. The lowest BCUT2D eigenvalue weighted by atomic mass is 10.2. The Balaban J connectivity index is 3.36. The summed E-state index contributed by atoms with van der Waals surface area (Å²) in [6.45, 7) is 3.91. The minimum atomic E-state index is -0.487. The molecular formula is C11H17N3O3S. The van der Waals surface area contributed by atoms with Crippen molar-refractivity contribution in [3.05, 3.63) is 20.7 Å². The number of aliphatic imine (C=N–C) groups is 1. The van der Waals surface area contributed by atoms with Crippen molar-refractivity contribution in [2.45, 2.75) is 26.3 Å². The Morgan fingerprint density at radius 2 is 2.28 bits per heavy atom. The van der Waals surface area contributed by atoms with E-state index in [1.807, 2.05) is 13.8 Å². The lowest BCUT2D eigenvalue weighted by molar-refractivity contribution is 0.307. The van der Waals surface area contributed by atoms with Gasteiger partial charge in [0.1, 0.15) is 5.56 Å². The molecule has 100 valence electrons. The monoisotopic (exact) mass is 271 g/mol. The van der Waals surface area contributed by atoms with Gasteiger partial charge in [-0.3, -0.25) is 19.3 Å². The van der Waals surface area contributed by atoms with Crippen LogP contribution in [0.2, 0.25) is 0 Å². The molecule has 0 saturated heterocycles. The molecule has 7 heteroatoms. The zero-order valence-electron chi connectivity index (χ0n) is 10.4. The molecule has 1 rings (SSSR count). The van der Waals surface area contributed by atoms with E-state index in [1.54, 1.807) is 0 Å². The van der Waals surface area contributed by atoms with Crippen molar-refractivity contribution in [2.75, 3.05) is 13.2 Å². The fourth-order valence-electron chi connectivity index (χ4n) is 1.47. The third kappa shape index (κ3) is 3.05. The lowest BCUT2D eigenvalue weighted by Crippen LogP contribution is -2.20. The van der Waals surface area contributed by atoms with Crippen molar-refractivity contribution in [1.82, 2.24) is 9.55 Å². The van der Waals surface area contributed by atoms with Gasteiger partial charge in [-0.05, 0) is 25.6 Å². The molecular weight excluding hydrogens is 254 g/mol. The van der Waals surface area contributed by atoms with Crippen LogP contribution in [0.5, 0.6) is 5.88 Å². The Bertz CT molecular complexity index is 547. The van der Waals surface area contributed by atoms with Crippen LogP contribution < -0.4 is 5.56 Å². The molecule has 18 heavy (non-hydrogen) atoms. The van der Waals surface area contributed by atoms with E-state index in [4.69, 9.17) is 17.3 Å². The second-order valence-corrected chi connectivity index (χ2v) is 4.27. The van der Waals surface area contributed by atoms with Crippen molar-refractivity contribution in [1.29, 1.82) is 0 Å². The number of H-pyrrole nitrogens is 1. The van der Waals surface area contributed by atoms with Gasteiger partial charge in [-0.1, -0.05) is 6.92 Å². The van der Waals surface area contributed by atoms with Gasteiger partial charge in [-0.25, -0.2) is 0 Å². The van der Waals surface area contributed by atoms with Crippen molar-refractivity contribution in [3.8, 4) is 5.88 Å². The van der Waals surface area contributed by atoms with Gasteiger partial charge in [-0.15, -0.1) is 0 Å². The Morgan fingerprint density at radius 3 is 2.83 bits per heavy atom. The first kappa shape index (κ1) is 14.6. The molecule has 6 nitrogen and oxygen atoms in total. The molecule has 1 heterocycles. The Kier molecular flexibility index (Phi) is 5.24. The molecule has 0 bridgehead atoms. The lowest BCUT2D eigenvalue weighted by Gasteiger charge is -2.16. The average Bonchev–Trinajstić information content (AvgIpc) is 2.32. The maximum atomic E-state index is 11.7. The number of aliphatic hydroxyl groups is 1. The van der Waals surface area contributed by atoms with E-state index in [9.17, 15) is 9.90 Å². The summed E-state index contributed by atoms with van der Waals surface area (Å²) in [6, 6.07) is -0.0284. The fraction of sp³-hybridized carbons (Fsp3) is 0.545. The number of aromatic hydroxyl groups is 1. The number of hydrogen-bond donors (Lipinski definition) is 3. The van der Waals surface area contributed by atoms with E-state index < -0.39 is 5.56 Å². The van der Waals surface area contributed by atoms with E-state index in [0.717, 1.165) is 6.42 Å². The largest absolute Gasteiger partial charge is 0.494 e. The van der Waals surface area contributed by atoms with Gasteiger partial charge in [0, 0.05) is 12.3 Å². The number of aromatic amines is 1. The zero-order chi connectivity index (χ0) is 13.7. The average molecular weight is 271 g/mol. The molecule has 0 fully saturated rings. The first-order chi connectivity index (χ1) is 8.52. The number of nitrogens with zero attached hydrogens (tertiary/aromatic N) is 2. The van der Waals surface area contributed by atoms with Gasteiger partial charge >= 0.3 is 0 Å². The Morgan fingerprint density at radius 1 is 1.61 bits per heavy atom. The van der Waals surface area contributed by atoms with Gasteiger partial charge in [0.2, 0.25) is 5.88 Å². The number of rotatable bonds is 5. The topological polar surface area (TPSA) is 90.6 Å². The maximum absolute atomic E-state index is 11.7. The summed E-state index contributed by atoms with van der Waals surface area (Å²) < 4.78 is 1.67. The van der Waals surface area contributed by atoms with Gasteiger partial charge in [0.15, 0.2) is 4.77 Å². The molecule has 0 radical (unpaired) electrons. The molecule has 0 spiro atoms. The molecule has 1 aromatic rings. The van der Waals surface area contributed by atoms with Crippen LogP contribution in [0.15, 0.2) is 9.79 Å². The van der Waals surface area contributed by atoms with Crippen LogP contribution in [0.3, 0.4) is 0 Å². The maximum Gasteiger partial charge on any atom is 0.264 e. The minimum absolute atomic E-state index is 0.0284. The van der Waals surface area contributed by atoms with Gasteiger partial charge in [-0.2, -0.15) is 0 Å². The molecule has 0 amide bonds. The highest BCUT2D eigenvalue weighted by Gasteiger charge is 2.14. The molecule has 0 aliphatic rings. The van der Waals surface area contributed by atoms with Crippen LogP contribution in [-0.2, 0) is 0 Å². The highest BCUT2D eigenvalue weighted by atomic mass is 32.1. The van der Waals surface area contributed by atoms with Crippen LogP contribution in [0, 0.1) is 4.77 Å². The van der Waals surface area contributed by atoms with Crippen LogP contribution in [0.1, 0.15) is 31.9 Å². The smallest absolute Gasteiger partial charge is 0.264 e. The highest BCUT2D eigenvalue weighted by molar-refractivity contribution is 7.71. The molecule has 0 aliphatic heterocycles.